The number of fused-ring (bicyclic) bond motifs is 3. The van der Waals surface area contributed by atoms with Crippen molar-refractivity contribution in [1.29, 1.82) is 0 Å². The maximum absolute atomic E-state index is 13.9. The van der Waals surface area contributed by atoms with Crippen molar-refractivity contribution in [2.45, 2.75) is 30.9 Å². The first-order chi connectivity index (χ1) is 16.2. The SMILES string of the molecule is COc1ccc(N(C)C)c2c1C(O)=C1C(=O)[C@]3(O)C(=O)C(C(N)=O)=C(O)C(C)(N(C)C)C3CC1C2. The number of likely N-dealkylation sites (N-methyl/N-ethyl adjacent to an activating group) is 1. The molecule has 1 amide bonds. The molecule has 0 saturated heterocycles. The monoisotopic (exact) mass is 485 g/mol. The first-order valence-corrected chi connectivity index (χ1v) is 11.3. The van der Waals surface area contributed by atoms with Crippen LogP contribution in [0.2, 0.25) is 0 Å². The molecule has 0 aromatic heterocycles. The molecule has 1 saturated carbocycles. The Morgan fingerprint density at radius 1 is 1.14 bits per heavy atom. The molecule has 4 atom stereocenters. The lowest BCUT2D eigenvalue weighted by Gasteiger charge is -2.55. The fraction of sp³-hybridized carbons (Fsp3) is 0.480. The fourth-order valence-electron chi connectivity index (χ4n) is 6.03. The van der Waals surface area contributed by atoms with Crippen LogP contribution in [0.15, 0.2) is 29.0 Å². The number of amides is 1. The third-order valence-electron chi connectivity index (χ3n) is 8.06. The molecule has 0 radical (unpaired) electrons. The third kappa shape index (κ3) is 2.99. The Kier molecular flexibility index (Phi) is 5.53. The molecule has 4 rings (SSSR count). The number of primary amides is 1. The van der Waals surface area contributed by atoms with E-state index in [2.05, 4.69) is 0 Å². The van der Waals surface area contributed by atoms with E-state index in [-0.39, 0.29) is 17.8 Å². The number of nitrogens with two attached hydrogens (primary N) is 1. The van der Waals surface area contributed by atoms with Gasteiger partial charge in [-0.2, -0.15) is 0 Å². The molecule has 188 valence electrons. The number of rotatable bonds is 4. The second-order valence-electron chi connectivity index (χ2n) is 10.0. The van der Waals surface area contributed by atoms with Crippen LogP contribution in [0, 0.1) is 11.8 Å². The van der Waals surface area contributed by atoms with Gasteiger partial charge in [-0.1, -0.05) is 0 Å². The highest BCUT2D eigenvalue weighted by Crippen LogP contribution is 2.55. The molecule has 1 aromatic rings. The molecule has 1 fully saturated rings. The molecule has 3 aliphatic rings. The Balaban J connectivity index is 2.02. The van der Waals surface area contributed by atoms with Crippen LogP contribution in [0.1, 0.15) is 24.5 Å². The lowest BCUT2D eigenvalue weighted by molar-refractivity contribution is -0.168. The minimum Gasteiger partial charge on any atom is -0.509 e. The number of ketones is 2. The fourth-order valence-corrected chi connectivity index (χ4v) is 6.03. The highest BCUT2D eigenvalue weighted by Gasteiger charge is 2.68. The number of anilines is 1. The van der Waals surface area contributed by atoms with Crippen LogP contribution in [0.25, 0.3) is 5.76 Å². The van der Waals surface area contributed by atoms with Gasteiger partial charge in [-0.3, -0.25) is 19.3 Å². The normalized spacial score (nSPS) is 30.2. The summed E-state index contributed by atoms with van der Waals surface area (Å²) in [7, 11) is 8.40. The highest BCUT2D eigenvalue weighted by atomic mass is 16.5. The summed E-state index contributed by atoms with van der Waals surface area (Å²) in [6.45, 7) is 1.56. The first-order valence-electron chi connectivity index (χ1n) is 11.3. The van der Waals surface area contributed by atoms with Gasteiger partial charge in [0.05, 0.1) is 18.2 Å². The standard InChI is InChI=1S/C25H31N3O7/c1-24(28(4)5)15-10-11-9-12-13(27(2)3)7-8-14(35-6)17(12)19(29)16(11)21(31)25(15,34)22(32)18(20(24)30)23(26)33/h7-8,11,15,29-30,34H,9-10H2,1-6H3,(H2,26,33)/t11?,15?,24?,25-/m0/s1. The van der Waals surface area contributed by atoms with Gasteiger partial charge in [-0.25, -0.2) is 0 Å². The minimum absolute atomic E-state index is 0.0850. The summed E-state index contributed by atoms with van der Waals surface area (Å²) in [4.78, 5) is 42.9. The Morgan fingerprint density at radius 2 is 1.77 bits per heavy atom. The Hall–Kier alpha value is -3.37. The zero-order valence-electron chi connectivity index (χ0n) is 20.7. The third-order valence-corrected chi connectivity index (χ3v) is 8.06. The summed E-state index contributed by atoms with van der Waals surface area (Å²) in [6.07, 6.45) is 0.421. The van der Waals surface area contributed by atoms with E-state index >= 15 is 0 Å². The molecule has 1 aromatic carbocycles. The number of ether oxygens (including phenoxy) is 1. The highest BCUT2D eigenvalue weighted by molar-refractivity contribution is 6.33. The van der Waals surface area contributed by atoms with Crippen molar-refractivity contribution in [2.24, 2.45) is 17.6 Å². The second kappa shape index (κ2) is 7.82. The largest absolute Gasteiger partial charge is 0.509 e. The molecule has 0 aliphatic heterocycles. The zero-order valence-corrected chi connectivity index (χ0v) is 20.7. The zero-order chi connectivity index (χ0) is 26.2. The lowest BCUT2D eigenvalue weighted by Crippen LogP contribution is -2.71. The molecule has 0 heterocycles. The number of benzene rings is 1. The maximum Gasteiger partial charge on any atom is 0.255 e. The second-order valence-corrected chi connectivity index (χ2v) is 10.0. The van der Waals surface area contributed by atoms with Gasteiger partial charge in [-0.15, -0.1) is 0 Å². The van der Waals surface area contributed by atoms with Gasteiger partial charge in [-0.05, 0) is 57.5 Å². The molecule has 3 aliphatic carbocycles. The van der Waals surface area contributed by atoms with Gasteiger partial charge >= 0.3 is 0 Å². The van der Waals surface area contributed by atoms with E-state index in [9.17, 15) is 29.7 Å². The summed E-state index contributed by atoms with van der Waals surface area (Å²) in [5.74, 6) is -5.76. The van der Waals surface area contributed by atoms with Crippen LogP contribution >= 0.6 is 0 Å². The summed E-state index contributed by atoms with van der Waals surface area (Å²) >= 11 is 0. The van der Waals surface area contributed by atoms with Crippen molar-refractivity contribution < 1.29 is 34.4 Å². The van der Waals surface area contributed by atoms with Crippen molar-refractivity contribution in [3.63, 3.8) is 0 Å². The van der Waals surface area contributed by atoms with Gasteiger partial charge < -0.3 is 30.7 Å². The topological polar surface area (TPSA) is 154 Å². The molecular formula is C25H31N3O7. The van der Waals surface area contributed by atoms with Crippen LogP contribution in [-0.4, -0.2) is 84.1 Å². The molecule has 5 N–H and O–H groups in total. The minimum atomic E-state index is -2.70. The Labute approximate surface area is 203 Å². The van der Waals surface area contributed by atoms with Crippen molar-refractivity contribution in [3.05, 3.63) is 40.2 Å². The Bertz CT molecular complexity index is 1230. The number of aliphatic hydroxyl groups is 3. The number of methoxy groups -OCH3 is 1. The van der Waals surface area contributed by atoms with E-state index in [0.717, 1.165) is 11.3 Å². The van der Waals surface area contributed by atoms with Crippen LogP contribution in [0.3, 0.4) is 0 Å². The van der Waals surface area contributed by atoms with E-state index in [4.69, 9.17) is 10.5 Å². The number of carbonyl (C=O) groups is 3. The number of hydrogen-bond donors (Lipinski definition) is 4. The summed E-state index contributed by atoms with van der Waals surface area (Å²) < 4.78 is 5.45. The average Bonchev–Trinajstić information content (AvgIpc) is 2.78. The van der Waals surface area contributed by atoms with Gasteiger partial charge in [0.1, 0.15) is 22.8 Å². The molecule has 35 heavy (non-hydrogen) atoms. The first kappa shape index (κ1) is 24.7. The summed E-state index contributed by atoms with van der Waals surface area (Å²) in [5.41, 5.74) is 2.27. The van der Waals surface area contributed by atoms with E-state index in [0.29, 0.717) is 17.7 Å². The smallest absolute Gasteiger partial charge is 0.255 e. The van der Waals surface area contributed by atoms with E-state index in [1.54, 1.807) is 32.0 Å². The van der Waals surface area contributed by atoms with E-state index in [1.165, 1.54) is 7.11 Å². The maximum atomic E-state index is 13.9. The quantitative estimate of drug-likeness (QED) is 0.357. The van der Waals surface area contributed by atoms with Crippen molar-refractivity contribution in [2.75, 3.05) is 40.2 Å². The number of aliphatic hydroxyl groups excluding tert-OH is 2. The lowest BCUT2D eigenvalue weighted by atomic mass is 9.53. The summed E-state index contributed by atoms with van der Waals surface area (Å²) in [6, 6.07) is 3.54. The Morgan fingerprint density at radius 3 is 2.29 bits per heavy atom. The van der Waals surface area contributed by atoms with Gasteiger partial charge in [0.25, 0.3) is 5.91 Å². The predicted octanol–water partition coefficient (Wildman–Crippen LogP) is 0.723. The number of nitrogens with zero attached hydrogens (tertiary/aromatic N) is 2. The summed E-state index contributed by atoms with van der Waals surface area (Å²) in [5, 5.41) is 34.2. The van der Waals surface area contributed by atoms with Gasteiger partial charge in [0.15, 0.2) is 5.60 Å². The molecule has 10 heteroatoms. The molecule has 10 nitrogen and oxygen atoms in total. The van der Waals surface area contributed by atoms with E-state index in [1.807, 2.05) is 25.1 Å². The predicted molar refractivity (Wildman–Crippen MR) is 128 cm³/mol. The van der Waals surface area contributed by atoms with Crippen LogP contribution in [0.5, 0.6) is 5.75 Å². The molecule has 0 bridgehead atoms. The average molecular weight is 486 g/mol. The van der Waals surface area contributed by atoms with Gasteiger partial charge in [0.2, 0.25) is 11.6 Å². The molecular weight excluding hydrogens is 454 g/mol. The van der Waals surface area contributed by atoms with Crippen LogP contribution in [0.4, 0.5) is 5.69 Å². The van der Waals surface area contributed by atoms with Crippen LogP contribution < -0.4 is 15.4 Å². The van der Waals surface area contributed by atoms with Crippen molar-refractivity contribution in [3.8, 4) is 5.75 Å². The van der Waals surface area contributed by atoms with Crippen molar-refractivity contribution in [1.82, 2.24) is 4.90 Å². The van der Waals surface area contributed by atoms with Crippen LogP contribution in [-0.2, 0) is 20.8 Å². The number of Topliss-reactive ketones (excluding diaryl/α,β-unsaturated/α-hetero) is 2. The van der Waals surface area contributed by atoms with E-state index < -0.39 is 51.8 Å². The number of hydrogen-bond acceptors (Lipinski definition) is 9. The molecule has 0 spiro atoms. The molecule has 3 unspecified atom stereocenters. The number of carbonyl (C=O) groups excluding carboxylic acids is 3. The van der Waals surface area contributed by atoms with Gasteiger partial charge in [0, 0.05) is 31.3 Å². The van der Waals surface area contributed by atoms with Crippen molar-refractivity contribution >= 4 is 28.9 Å².